The number of nitrogens with one attached hydrogen (secondary N) is 1. The van der Waals surface area contributed by atoms with Crippen LogP contribution in [0.3, 0.4) is 0 Å². The van der Waals surface area contributed by atoms with E-state index < -0.39 is 16.1 Å². The molecule has 1 aliphatic heterocycles. The van der Waals surface area contributed by atoms with Gasteiger partial charge in [0.25, 0.3) is 0 Å². The van der Waals surface area contributed by atoms with Crippen molar-refractivity contribution in [3.8, 4) is 0 Å². The summed E-state index contributed by atoms with van der Waals surface area (Å²) in [5.41, 5.74) is 3.89. The van der Waals surface area contributed by atoms with Gasteiger partial charge in [0.1, 0.15) is 6.04 Å². The highest BCUT2D eigenvalue weighted by atomic mass is 32.2. The average Bonchev–Trinajstić information content (AvgIpc) is 2.68. The van der Waals surface area contributed by atoms with E-state index in [0.717, 1.165) is 24.0 Å². The first-order chi connectivity index (χ1) is 12.9. The molecule has 1 atom stereocenters. The molecule has 0 spiro atoms. The van der Waals surface area contributed by atoms with Crippen LogP contribution in [-0.4, -0.2) is 30.4 Å². The number of amides is 1. The van der Waals surface area contributed by atoms with Gasteiger partial charge in [0.2, 0.25) is 15.9 Å². The van der Waals surface area contributed by atoms with Gasteiger partial charge in [-0.05, 0) is 48.6 Å². The van der Waals surface area contributed by atoms with Crippen molar-refractivity contribution in [1.29, 1.82) is 0 Å². The SMILES string of the molecule is CCCc1ccc(NC(=O)C2Cc3ccccc3CN2S(=O)(=O)CC)cc1. The highest BCUT2D eigenvalue weighted by Crippen LogP contribution is 2.27. The summed E-state index contributed by atoms with van der Waals surface area (Å²) in [7, 11) is -3.49. The van der Waals surface area contributed by atoms with E-state index in [1.165, 1.54) is 9.87 Å². The Morgan fingerprint density at radius 2 is 1.74 bits per heavy atom. The van der Waals surface area contributed by atoms with Gasteiger partial charge in [-0.3, -0.25) is 4.79 Å². The van der Waals surface area contributed by atoms with Crippen LogP contribution >= 0.6 is 0 Å². The van der Waals surface area contributed by atoms with Crippen LogP contribution in [-0.2, 0) is 34.2 Å². The molecule has 0 radical (unpaired) electrons. The van der Waals surface area contributed by atoms with E-state index in [0.29, 0.717) is 12.1 Å². The predicted molar refractivity (Wildman–Crippen MR) is 108 cm³/mol. The number of carbonyl (C=O) groups is 1. The molecule has 0 saturated carbocycles. The Hall–Kier alpha value is -2.18. The van der Waals surface area contributed by atoms with Crippen LogP contribution in [0.4, 0.5) is 5.69 Å². The molecule has 0 fully saturated rings. The summed E-state index contributed by atoms with van der Waals surface area (Å²) in [6.45, 7) is 3.97. The Kier molecular flexibility index (Phi) is 5.97. The van der Waals surface area contributed by atoms with Crippen molar-refractivity contribution in [3.63, 3.8) is 0 Å². The maximum absolute atomic E-state index is 12.9. The van der Waals surface area contributed by atoms with Crippen LogP contribution in [0, 0.1) is 0 Å². The number of hydrogen-bond donors (Lipinski definition) is 1. The lowest BCUT2D eigenvalue weighted by Gasteiger charge is -2.34. The van der Waals surface area contributed by atoms with E-state index >= 15 is 0 Å². The zero-order valence-electron chi connectivity index (χ0n) is 15.8. The maximum atomic E-state index is 12.9. The van der Waals surface area contributed by atoms with E-state index in [2.05, 4.69) is 12.2 Å². The molecule has 0 bridgehead atoms. The summed E-state index contributed by atoms with van der Waals surface area (Å²) in [6, 6.07) is 14.7. The zero-order valence-corrected chi connectivity index (χ0v) is 16.6. The average molecular weight is 387 g/mol. The van der Waals surface area contributed by atoms with Crippen LogP contribution in [0.25, 0.3) is 0 Å². The first-order valence-electron chi connectivity index (χ1n) is 9.40. The lowest BCUT2D eigenvalue weighted by Crippen LogP contribution is -2.51. The fraction of sp³-hybridized carbons (Fsp3) is 0.381. The van der Waals surface area contributed by atoms with Crippen LogP contribution in [0.1, 0.15) is 37.0 Å². The molecule has 2 aromatic carbocycles. The van der Waals surface area contributed by atoms with Crippen molar-refractivity contribution in [2.75, 3.05) is 11.1 Å². The second-order valence-corrected chi connectivity index (χ2v) is 9.08. The quantitative estimate of drug-likeness (QED) is 0.828. The van der Waals surface area contributed by atoms with Gasteiger partial charge in [-0.1, -0.05) is 49.7 Å². The number of hydrogen-bond acceptors (Lipinski definition) is 3. The molecular weight excluding hydrogens is 360 g/mol. The summed E-state index contributed by atoms with van der Waals surface area (Å²) in [4.78, 5) is 12.9. The lowest BCUT2D eigenvalue weighted by molar-refractivity contribution is -0.120. The van der Waals surface area contributed by atoms with Crippen LogP contribution in [0.2, 0.25) is 0 Å². The van der Waals surface area contributed by atoms with Gasteiger partial charge in [-0.15, -0.1) is 0 Å². The number of anilines is 1. The molecule has 6 heteroatoms. The molecule has 2 aromatic rings. The van der Waals surface area contributed by atoms with Crippen molar-refractivity contribution < 1.29 is 13.2 Å². The van der Waals surface area contributed by atoms with Crippen molar-refractivity contribution in [3.05, 3.63) is 65.2 Å². The number of benzene rings is 2. The third kappa shape index (κ3) is 4.39. The standard InChI is InChI=1S/C21H26N2O3S/c1-3-7-16-10-12-19(13-11-16)22-21(24)20-14-17-8-5-6-9-18(17)15-23(20)27(25,26)4-2/h5-6,8-13,20H,3-4,7,14-15H2,1-2H3,(H,22,24). The van der Waals surface area contributed by atoms with Crippen molar-refractivity contribution in [1.82, 2.24) is 4.31 Å². The van der Waals surface area contributed by atoms with E-state index in [-0.39, 0.29) is 18.2 Å². The van der Waals surface area contributed by atoms with Crippen LogP contribution in [0.5, 0.6) is 0 Å². The summed E-state index contributed by atoms with van der Waals surface area (Å²) in [6.07, 6.45) is 2.45. The van der Waals surface area contributed by atoms with Gasteiger partial charge < -0.3 is 5.32 Å². The number of rotatable bonds is 6. The number of nitrogens with zero attached hydrogens (tertiary/aromatic N) is 1. The molecule has 27 heavy (non-hydrogen) atoms. The minimum Gasteiger partial charge on any atom is -0.325 e. The molecular formula is C21H26N2O3S. The Labute approximate surface area is 161 Å². The fourth-order valence-electron chi connectivity index (χ4n) is 3.45. The highest BCUT2D eigenvalue weighted by molar-refractivity contribution is 7.89. The summed E-state index contributed by atoms with van der Waals surface area (Å²) in [5.74, 6) is -0.310. The van der Waals surface area contributed by atoms with E-state index in [1.807, 2.05) is 48.5 Å². The van der Waals surface area contributed by atoms with Crippen LogP contribution in [0.15, 0.2) is 48.5 Å². The molecule has 1 heterocycles. The van der Waals surface area contributed by atoms with Crippen molar-refractivity contribution >= 4 is 21.6 Å². The molecule has 5 nitrogen and oxygen atoms in total. The molecule has 1 amide bonds. The predicted octanol–water partition coefficient (Wildman–Crippen LogP) is 3.35. The summed E-state index contributed by atoms with van der Waals surface area (Å²) >= 11 is 0. The zero-order chi connectivity index (χ0) is 19.4. The fourth-order valence-corrected chi connectivity index (χ4v) is 4.68. The lowest BCUT2D eigenvalue weighted by atomic mass is 9.95. The van der Waals surface area contributed by atoms with Crippen LogP contribution < -0.4 is 5.32 Å². The second kappa shape index (κ2) is 8.23. The smallest absolute Gasteiger partial charge is 0.243 e. The van der Waals surface area contributed by atoms with Gasteiger partial charge in [0.05, 0.1) is 5.75 Å². The summed E-state index contributed by atoms with van der Waals surface area (Å²) < 4.78 is 26.5. The minimum absolute atomic E-state index is 0.0232. The Balaban J connectivity index is 1.84. The number of fused-ring (bicyclic) bond motifs is 1. The van der Waals surface area contributed by atoms with Gasteiger partial charge in [0.15, 0.2) is 0 Å². The molecule has 0 aromatic heterocycles. The van der Waals surface area contributed by atoms with Gasteiger partial charge in [-0.2, -0.15) is 4.31 Å². The van der Waals surface area contributed by atoms with E-state index in [9.17, 15) is 13.2 Å². The Morgan fingerprint density at radius 3 is 2.37 bits per heavy atom. The first kappa shape index (κ1) is 19.6. The largest absolute Gasteiger partial charge is 0.325 e. The molecule has 144 valence electrons. The summed E-state index contributed by atoms with van der Waals surface area (Å²) in [5, 5.41) is 2.89. The number of carbonyl (C=O) groups excluding carboxylic acids is 1. The number of aryl methyl sites for hydroxylation is 1. The molecule has 3 rings (SSSR count). The normalized spacial score (nSPS) is 17.3. The van der Waals surface area contributed by atoms with E-state index in [4.69, 9.17) is 0 Å². The minimum atomic E-state index is -3.49. The monoisotopic (exact) mass is 386 g/mol. The molecule has 1 aliphatic rings. The van der Waals surface area contributed by atoms with Gasteiger partial charge in [0, 0.05) is 12.2 Å². The topological polar surface area (TPSA) is 66.5 Å². The second-order valence-electron chi connectivity index (χ2n) is 6.87. The highest BCUT2D eigenvalue weighted by Gasteiger charge is 2.37. The van der Waals surface area contributed by atoms with Crippen molar-refractivity contribution in [2.45, 2.75) is 45.7 Å². The Morgan fingerprint density at radius 1 is 1.07 bits per heavy atom. The first-order valence-corrected chi connectivity index (χ1v) is 11.0. The van der Waals surface area contributed by atoms with Crippen molar-refractivity contribution in [2.24, 2.45) is 0 Å². The molecule has 0 saturated heterocycles. The molecule has 1 N–H and O–H groups in total. The van der Waals surface area contributed by atoms with Gasteiger partial charge in [-0.25, -0.2) is 8.42 Å². The molecule has 0 aliphatic carbocycles. The maximum Gasteiger partial charge on any atom is 0.243 e. The third-order valence-electron chi connectivity index (χ3n) is 4.99. The third-order valence-corrected chi connectivity index (χ3v) is 6.82. The Bertz CT molecular complexity index is 907. The van der Waals surface area contributed by atoms with E-state index in [1.54, 1.807) is 6.92 Å². The number of sulfonamides is 1. The molecule has 1 unspecified atom stereocenters. The van der Waals surface area contributed by atoms with Gasteiger partial charge >= 0.3 is 0 Å².